The lowest BCUT2D eigenvalue weighted by molar-refractivity contribution is 0.232. The van der Waals surface area contributed by atoms with E-state index in [0.717, 1.165) is 18.7 Å². The van der Waals surface area contributed by atoms with E-state index in [1.165, 1.54) is 25.9 Å². The highest BCUT2D eigenvalue weighted by Gasteiger charge is 2.11. The van der Waals surface area contributed by atoms with Crippen LogP contribution in [0, 0.1) is 0 Å². The van der Waals surface area contributed by atoms with Crippen LogP contribution in [0.4, 0.5) is 0 Å². The minimum atomic E-state index is 0.538. The van der Waals surface area contributed by atoms with E-state index >= 15 is 0 Å². The molecule has 0 amide bonds. The van der Waals surface area contributed by atoms with Gasteiger partial charge in [-0.3, -0.25) is 4.90 Å². The average molecular weight is 270 g/mol. The molecule has 4 nitrogen and oxygen atoms in total. The molecule has 1 aliphatic rings. The maximum Gasteiger partial charge on any atom is 0.232 e. The summed E-state index contributed by atoms with van der Waals surface area (Å²) in [5, 5.41) is 3.65. The van der Waals surface area contributed by atoms with Gasteiger partial charge in [0.05, 0.1) is 0 Å². The third kappa shape index (κ3) is 3.83. The number of hydrogen-bond acceptors (Lipinski definition) is 4. The molecule has 0 bridgehead atoms. The largest absolute Gasteiger partial charge is 0.475 e. The Bertz CT molecular complexity index is 380. The van der Waals surface area contributed by atoms with Crippen molar-refractivity contribution in [1.29, 1.82) is 0 Å². The molecule has 0 aliphatic carbocycles. The van der Waals surface area contributed by atoms with Crippen LogP contribution >= 0.6 is 11.6 Å². The van der Waals surface area contributed by atoms with Crippen molar-refractivity contribution in [2.45, 2.75) is 19.4 Å². The van der Waals surface area contributed by atoms with Crippen molar-refractivity contribution in [1.82, 2.24) is 15.2 Å². The molecule has 0 spiro atoms. The summed E-state index contributed by atoms with van der Waals surface area (Å²) in [5.74, 6) is 0.538. The zero-order valence-electron chi connectivity index (χ0n) is 10.8. The number of nitrogens with zero attached hydrogens (tertiary/aromatic N) is 2. The van der Waals surface area contributed by atoms with Gasteiger partial charge in [-0.2, -0.15) is 0 Å². The lowest BCUT2D eigenvalue weighted by Crippen LogP contribution is -2.25. The van der Waals surface area contributed by atoms with E-state index in [1.54, 1.807) is 6.20 Å². The van der Waals surface area contributed by atoms with Gasteiger partial charge in [-0.1, -0.05) is 11.6 Å². The van der Waals surface area contributed by atoms with E-state index in [0.29, 0.717) is 17.5 Å². The third-order valence-electron chi connectivity index (χ3n) is 3.09. The molecule has 1 fully saturated rings. The van der Waals surface area contributed by atoms with Crippen molar-refractivity contribution >= 4 is 11.6 Å². The van der Waals surface area contributed by atoms with Crippen molar-refractivity contribution in [3.8, 4) is 5.88 Å². The van der Waals surface area contributed by atoms with Gasteiger partial charge in [-0.25, -0.2) is 4.98 Å². The summed E-state index contributed by atoms with van der Waals surface area (Å²) in [6.07, 6.45) is 4.41. The highest BCUT2D eigenvalue weighted by molar-refractivity contribution is 6.31. The number of nitrogens with one attached hydrogen (secondary N) is 1. The molecular formula is C13H20ClN3O. The number of aromatic nitrogens is 1. The van der Waals surface area contributed by atoms with Crippen LogP contribution in [0.3, 0.4) is 0 Å². The van der Waals surface area contributed by atoms with Crippen LogP contribution in [0.5, 0.6) is 5.88 Å². The first-order valence-corrected chi connectivity index (χ1v) is 6.81. The molecule has 18 heavy (non-hydrogen) atoms. The van der Waals surface area contributed by atoms with Crippen LogP contribution in [-0.4, -0.2) is 43.2 Å². The molecule has 0 saturated carbocycles. The van der Waals surface area contributed by atoms with E-state index in [4.69, 9.17) is 16.3 Å². The smallest absolute Gasteiger partial charge is 0.232 e. The Morgan fingerprint density at radius 3 is 2.89 bits per heavy atom. The number of pyridine rings is 1. The number of ether oxygens (including phenoxy) is 1. The molecule has 1 aromatic heterocycles. The summed E-state index contributed by atoms with van der Waals surface area (Å²) in [6.45, 7) is 4.74. The Balaban J connectivity index is 1.81. The monoisotopic (exact) mass is 269 g/mol. The second-order valence-electron chi connectivity index (χ2n) is 4.56. The van der Waals surface area contributed by atoms with Gasteiger partial charge in [-0.15, -0.1) is 0 Å². The van der Waals surface area contributed by atoms with E-state index in [-0.39, 0.29) is 0 Å². The van der Waals surface area contributed by atoms with E-state index < -0.39 is 0 Å². The summed E-state index contributed by atoms with van der Waals surface area (Å²) in [7, 11) is 1.90. The van der Waals surface area contributed by atoms with Gasteiger partial charge in [0.2, 0.25) is 5.88 Å². The lowest BCUT2D eigenvalue weighted by Gasteiger charge is -2.15. The Hall–Kier alpha value is -0.840. The molecule has 1 aliphatic heterocycles. The number of rotatable bonds is 6. The summed E-state index contributed by atoms with van der Waals surface area (Å²) < 4.78 is 5.63. The molecule has 1 N–H and O–H groups in total. The van der Waals surface area contributed by atoms with Crippen molar-refractivity contribution in [2.24, 2.45) is 0 Å². The molecule has 2 rings (SSSR count). The summed E-state index contributed by atoms with van der Waals surface area (Å²) in [6, 6.07) is 1.90. The molecule has 1 aromatic rings. The van der Waals surface area contributed by atoms with Gasteiger partial charge in [0.1, 0.15) is 11.6 Å². The number of hydrogen-bond donors (Lipinski definition) is 1. The first-order chi connectivity index (χ1) is 8.79. The zero-order valence-corrected chi connectivity index (χ0v) is 11.5. The number of likely N-dealkylation sites (tertiary alicyclic amines) is 1. The van der Waals surface area contributed by atoms with Gasteiger partial charge in [-0.05, 0) is 44.6 Å². The first-order valence-electron chi connectivity index (χ1n) is 6.44. The third-order valence-corrected chi connectivity index (χ3v) is 3.36. The summed E-state index contributed by atoms with van der Waals surface area (Å²) in [5.41, 5.74) is 1.06. The summed E-state index contributed by atoms with van der Waals surface area (Å²) >= 11 is 6.13. The van der Waals surface area contributed by atoms with Crippen LogP contribution in [0.25, 0.3) is 0 Å². The molecule has 0 radical (unpaired) electrons. The SMILES string of the molecule is CNCc1cnc(OCCN2CCCC2)c(Cl)c1. The maximum absolute atomic E-state index is 6.13. The van der Waals surface area contributed by atoms with Gasteiger partial charge in [0.15, 0.2) is 0 Å². The fourth-order valence-corrected chi connectivity index (χ4v) is 2.39. The second kappa shape index (κ2) is 6.92. The van der Waals surface area contributed by atoms with Crippen LogP contribution in [0.2, 0.25) is 5.02 Å². The molecule has 0 aromatic carbocycles. The Labute approximate surface area is 113 Å². The minimum Gasteiger partial charge on any atom is -0.475 e. The molecule has 2 heterocycles. The maximum atomic E-state index is 6.13. The molecular weight excluding hydrogens is 250 g/mol. The normalized spacial score (nSPS) is 16.1. The van der Waals surface area contributed by atoms with E-state index in [9.17, 15) is 0 Å². The highest BCUT2D eigenvalue weighted by atomic mass is 35.5. The first kappa shape index (κ1) is 13.6. The van der Waals surface area contributed by atoms with Crippen molar-refractivity contribution in [3.63, 3.8) is 0 Å². The van der Waals surface area contributed by atoms with Crippen LogP contribution in [0.1, 0.15) is 18.4 Å². The van der Waals surface area contributed by atoms with Gasteiger partial charge in [0, 0.05) is 19.3 Å². The van der Waals surface area contributed by atoms with Crippen LogP contribution in [0.15, 0.2) is 12.3 Å². The van der Waals surface area contributed by atoms with Crippen LogP contribution in [-0.2, 0) is 6.54 Å². The van der Waals surface area contributed by atoms with E-state index in [1.807, 2.05) is 13.1 Å². The van der Waals surface area contributed by atoms with Gasteiger partial charge >= 0.3 is 0 Å². The van der Waals surface area contributed by atoms with E-state index in [2.05, 4.69) is 15.2 Å². The Kier molecular flexibility index (Phi) is 5.23. The predicted molar refractivity (Wildman–Crippen MR) is 73.2 cm³/mol. The summed E-state index contributed by atoms with van der Waals surface area (Å²) in [4.78, 5) is 6.65. The standard InChI is InChI=1S/C13H20ClN3O/c1-15-9-11-8-12(14)13(16-10-11)18-7-6-17-4-2-3-5-17/h8,10,15H,2-7,9H2,1H3. The van der Waals surface area contributed by atoms with Crippen molar-refractivity contribution < 1.29 is 4.74 Å². The predicted octanol–water partition coefficient (Wildman–Crippen LogP) is 1.93. The van der Waals surface area contributed by atoms with Gasteiger partial charge < -0.3 is 10.1 Å². The molecule has 0 unspecified atom stereocenters. The fourth-order valence-electron chi connectivity index (χ4n) is 2.15. The second-order valence-corrected chi connectivity index (χ2v) is 4.97. The molecule has 100 valence electrons. The molecule has 5 heteroatoms. The number of halogens is 1. The van der Waals surface area contributed by atoms with Crippen LogP contribution < -0.4 is 10.1 Å². The fraction of sp³-hybridized carbons (Fsp3) is 0.615. The van der Waals surface area contributed by atoms with Crippen molar-refractivity contribution in [3.05, 3.63) is 22.8 Å². The molecule has 1 saturated heterocycles. The van der Waals surface area contributed by atoms with Gasteiger partial charge in [0.25, 0.3) is 0 Å². The molecule has 0 atom stereocenters. The topological polar surface area (TPSA) is 37.4 Å². The lowest BCUT2D eigenvalue weighted by atomic mass is 10.3. The zero-order chi connectivity index (χ0) is 12.8. The van der Waals surface area contributed by atoms with Crippen molar-refractivity contribution in [2.75, 3.05) is 33.3 Å². The highest BCUT2D eigenvalue weighted by Crippen LogP contribution is 2.22. The minimum absolute atomic E-state index is 0.538. The average Bonchev–Trinajstić information content (AvgIpc) is 2.85. The Morgan fingerprint density at radius 2 is 2.22 bits per heavy atom. The Morgan fingerprint density at radius 1 is 1.44 bits per heavy atom. The quantitative estimate of drug-likeness (QED) is 0.856.